The van der Waals surface area contributed by atoms with E-state index >= 15 is 0 Å². The first-order chi connectivity index (χ1) is 7.71. The van der Waals surface area contributed by atoms with Gasteiger partial charge in [0.2, 0.25) is 0 Å². The van der Waals surface area contributed by atoms with Crippen molar-refractivity contribution in [3.63, 3.8) is 0 Å². The fraction of sp³-hybridized carbons (Fsp3) is 0.500. The van der Waals surface area contributed by atoms with Crippen LogP contribution in [0.15, 0.2) is 18.2 Å². The summed E-state index contributed by atoms with van der Waals surface area (Å²) in [4.78, 5) is 0. The van der Waals surface area contributed by atoms with Gasteiger partial charge < -0.3 is 20.3 Å². The molecule has 0 aliphatic heterocycles. The Kier molecular flexibility index (Phi) is 5.08. The standard InChI is InChI=1S/C12H19NO3/c1-3-16-11-5-4-9(6-10(13)8-14)7-12(11)15-2/h4-5,7,10,14H,3,6,8,13H2,1-2H3. The van der Waals surface area contributed by atoms with Crippen LogP contribution in [0.5, 0.6) is 11.5 Å². The number of ether oxygens (including phenoxy) is 2. The van der Waals surface area contributed by atoms with Gasteiger partial charge in [0.1, 0.15) is 0 Å². The van der Waals surface area contributed by atoms with Crippen molar-refractivity contribution >= 4 is 0 Å². The van der Waals surface area contributed by atoms with E-state index in [9.17, 15) is 0 Å². The van der Waals surface area contributed by atoms with E-state index in [1.165, 1.54) is 0 Å². The topological polar surface area (TPSA) is 64.7 Å². The molecule has 0 fully saturated rings. The largest absolute Gasteiger partial charge is 0.493 e. The van der Waals surface area contributed by atoms with E-state index in [0.29, 0.717) is 18.8 Å². The van der Waals surface area contributed by atoms with Crippen molar-refractivity contribution in [2.24, 2.45) is 5.73 Å². The predicted molar refractivity (Wildman–Crippen MR) is 62.9 cm³/mol. The van der Waals surface area contributed by atoms with Gasteiger partial charge in [0.25, 0.3) is 0 Å². The van der Waals surface area contributed by atoms with Crippen LogP contribution in [0, 0.1) is 0 Å². The first-order valence-corrected chi connectivity index (χ1v) is 5.37. The highest BCUT2D eigenvalue weighted by Crippen LogP contribution is 2.28. The van der Waals surface area contributed by atoms with Gasteiger partial charge in [0.15, 0.2) is 11.5 Å². The summed E-state index contributed by atoms with van der Waals surface area (Å²) in [6.07, 6.45) is 0.624. The number of hydrogen-bond acceptors (Lipinski definition) is 4. The zero-order valence-corrected chi connectivity index (χ0v) is 9.77. The van der Waals surface area contributed by atoms with E-state index in [2.05, 4.69) is 0 Å². The van der Waals surface area contributed by atoms with Crippen molar-refractivity contribution in [1.29, 1.82) is 0 Å². The van der Waals surface area contributed by atoms with Gasteiger partial charge in [-0.15, -0.1) is 0 Å². The van der Waals surface area contributed by atoms with Crippen molar-refractivity contribution < 1.29 is 14.6 Å². The van der Waals surface area contributed by atoms with E-state index in [-0.39, 0.29) is 12.6 Å². The van der Waals surface area contributed by atoms with E-state index < -0.39 is 0 Å². The lowest BCUT2D eigenvalue weighted by molar-refractivity contribution is 0.265. The van der Waals surface area contributed by atoms with Crippen LogP contribution in [-0.2, 0) is 6.42 Å². The Labute approximate surface area is 96.0 Å². The lowest BCUT2D eigenvalue weighted by Gasteiger charge is -2.12. The minimum atomic E-state index is -0.234. The third-order valence-electron chi connectivity index (χ3n) is 2.26. The molecule has 1 atom stereocenters. The van der Waals surface area contributed by atoms with E-state index in [0.717, 1.165) is 11.3 Å². The molecular formula is C12H19NO3. The molecule has 0 saturated heterocycles. The fourth-order valence-corrected chi connectivity index (χ4v) is 1.48. The van der Waals surface area contributed by atoms with Crippen molar-refractivity contribution in [2.45, 2.75) is 19.4 Å². The minimum Gasteiger partial charge on any atom is -0.493 e. The first kappa shape index (κ1) is 12.8. The molecule has 0 saturated carbocycles. The Hall–Kier alpha value is -1.26. The van der Waals surface area contributed by atoms with Crippen LogP contribution in [0.3, 0.4) is 0 Å². The van der Waals surface area contributed by atoms with Crippen molar-refractivity contribution in [3.8, 4) is 11.5 Å². The third kappa shape index (κ3) is 3.40. The minimum absolute atomic E-state index is 0.0183. The van der Waals surface area contributed by atoms with E-state index in [1.807, 2.05) is 25.1 Å². The number of hydrogen-bond donors (Lipinski definition) is 2. The van der Waals surface area contributed by atoms with E-state index in [4.69, 9.17) is 20.3 Å². The van der Waals surface area contributed by atoms with Gasteiger partial charge in [-0.05, 0) is 31.0 Å². The zero-order chi connectivity index (χ0) is 12.0. The maximum Gasteiger partial charge on any atom is 0.161 e. The number of aliphatic hydroxyl groups excluding tert-OH is 1. The second kappa shape index (κ2) is 6.35. The Morgan fingerprint density at radius 1 is 1.38 bits per heavy atom. The van der Waals surface area contributed by atoms with Gasteiger partial charge in [-0.3, -0.25) is 0 Å². The number of rotatable bonds is 6. The second-order valence-electron chi connectivity index (χ2n) is 3.57. The highest BCUT2D eigenvalue weighted by molar-refractivity contribution is 5.43. The molecule has 0 spiro atoms. The fourth-order valence-electron chi connectivity index (χ4n) is 1.48. The predicted octanol–water partition coefficient (Wildman–Crippen LogP) is 0.956. The summed E-state index contributed by atoms with van der Waals surface area (Å²) in [5.41, 5.74) is 6.70. The van der Waals surface area contributed by atoms with Gasteiger partial charge in [-0.1, -0.05) is 6.07 Å². The van der Waals surface area contributed by atoms with Crippen LogP contribution >= 0.6 is 0 Å². The first-order valence-electron chi connectivity index (χ1n) is 5.37. The molecule has 4 nitrogen and oxygen atoms in total. The molecule has 1 rings (SSSR count). The number of benzene rings is 1. The van der Waals surface area contributed by atoms with Gasteiger partial charge in [0, 0.05) is 6.04 Å². The van der Waals surface area contributed by atoms with Gasteiger partial charge in [-0.25, -0.2) is 0 Å². The Bertz CT molecular complexity index is 328. The van der Waals surface area contributed by atoms with Crippen molar-refractivity contribution in [3.05, 3.63) is 23.8 Å². The van der Waals surface area contributed by atoms with Crippen LogP contribution in [0.4, 0.5) is 0 Å². The summed E-state index contributed by atoms with van der Waals surface area (Å²) in [6.45, 7) is 2.51. The average molecular weight is 225 g/mol. The molecule has 0 radical (unpaired) electrons. The van der Waals surface area contributed by atoms with Crippen LogP contribution < -0.4 is 15.2 Å². The molecule has 0 heterocycles. The van der Waals surface area contributed by atoms with Gasteiger partial charge in [0.05, 0.1) is 20.3 Å². The van der Waals surface area contributed by atoms with Crippen LogP contribution in [0.2, 0.25) is 0 Å². The number of aliphatic hydroxyl groups is 1. The van der Waals surface area contributed by atoms with Gasteiger partial charge in [-0.2, -0.15) is 0 Å². The Balaban J connectivity index is 2.81. The average Bonchev–Trinajstić information content (AvgIpc) is 2.31. The normalized spacial score (nSPS) is 12.2. The monoisotopic (exact) mass is 225 g/mol. The summed E-state index contributed by atoms with van der Waals surface area (Å²) >= 11 is 0. The molecular weight excluding hydrogens is 206 g/mol. The van der Waals surface area contributed by atoms with Crippen LogP contribution in [-0.4, -0.2) is 31.5 Å². The summed E-state index contributed by atoms with van der Waals surface area (Å²) in [5.74, 6) is 1.43. The molecule has 1 aromatic carbocycles. The molecule has 16 heavy (non-hydrogen) atoms. The molecule has 0 bridgehead atoms. The molecule has 0 aliphatic carbocycles. The molecule has 1 unspecified atom stereocenters. The highest BCUT2D eigenvalue weighted by atomic mass is 16.5. The molecule has 1 aromatic rings. The van der Waals surface area contributed by atoms with Gasteiger partial charge >= 0.3 is 0 Å². The third-order valence-corrected chi connectivity index (χ3v) is 2.26. The highest BCUT2D eigenvalue weighted by Gasteiger charge is 2.07. The number of methoxy groups -OCH3 is 1. The number of nitrogens with two attached hydrogens (primary N) is 1. The summed E-state index contributed by atoms with van der Waals surface area (Å²) < 4.78 is 10.6. The Morgan fingerprint density at radius 2 is 2.12 bits per heavy atom. The lowest BCUT2D eigenvalue weighted by atomic mass is 10.1. The molecule has 0 amide bonds. The molecule has 4 heteroatoms. The maximum absolute atomic E-state index is 8.88. The SMILES string of the molecule is CCOc1ccc(CC(N)CO)cc1OC. The molecule has 3 N–H and O–H groups in total. The molecule has 0 aliphatic rings. The Morgan fingerprint density at radius 3 is 2.69 bits per heavy atom. The quantitative estimate of drug-likeness (QED) is 0.756. The van der Waals surface area contributed by atoms with Crippen LogP contribution in [0.1, 0.15) is 12.5 Å². The zero-order valence-electron chi connectivity index (χ0n) is 9.77. The second-order valence-corrected chi connectivity index (χ2v) is 3.57. The summed E-state index contributed by atoms with van der Waals surface area (Å²) in [5, 5.41) is 8.88. The van der Waals surface area contributed by atoms with Crippen molar-refractivity contribution in [2.75, 3.05) is 20.3 Å². The summed E-state index contributed by atoms with van der Waals surface area (Å²) in [6, 6.07) is 5.45. The summed E-state index contributed by atoms with van der Waals surface area (Å²) in [7, 11) is 1.60. The molecule has 90 valence electrons. The maximum atomic E-state index is 8.88. The molecule has 0 aromatic heterocycles. The smallest absolute Gasteiger partial charge is 0.161 e. The van der Waals surface area contributed by atoms with E-state index in [1.54, 1.807) is 7.11 Å². The van der Waals surface area contributed by atoms with Crippen molar-refractivity contribution in [1.82, 2.24) is 0 Å². The van der Waals surface area contributed by atoms with Crippen LogP contribution in [0.25, 0.3) is 0 Å². The lowest BCUT2D eigenvalue weighted by Crippen LogP contribution is -2.26.